The summed E-state index contributed by atoms with van der Waals surface area (Å²) in [6.45, 7) is 6.30. The van der Waals surface area contributed by atoms with Gasteiger partial charge in [-0.2, -0.15) is 0 Å². The van der Waals surface area contributed by atoms with E-state index in [0.29, 0.717) is 16.5 Å². The van der Waals surface area contributed by atoms with Gasteiger partial charge in [-0.15, -0.1) is 0 Å². The number of amides is 1. The van der Waals surface area contributed by atoms with Crippen LogP contribution in [-0.4, -0.2) is 17.6 Å². The van der Waals surface area contributed by atoms with E-state index in [0.717, 1.165) is 0 Å². The molecule has 0 aliphatic rings. The topological polar surface area (TPSA) is 50.4 Å². The number of halogens is 1. The molecule has 0 radical (unpaired) electrons. The number of ether oxygens (including phenoxy) is 1. The number of benzene rings is 2. The Labute approximate surface area is 158 Å². The van der Waals surface area contributed by atoms with Crippen LogP contribution in [0.5, 0.6) is 5.75 Å². The Bertz CT molecular complexity index is 755. The van der Waals surface area contributed by atoms with Crippen molar-refractivity contribution in [2.75, 3.05) is 11.9 Å². The van der Waals surface area contributed by atoms with Gasteiger partial charge in [0, 0.05) is 0 Å². The smallest absolute Gasteiger partial charge is 0.264 e. The largest absolute Gasteiger partial charge is 0.484 e. The van der Waals surface area contributed by atoms with E-state index in [4.69, 9.17) is 28.6 Å². The lowest BCUT2D eigenvalue weighted by molar-refractivity contribution is -0.121. The van der Waals surface area contributed by atoms with Crippen molar-refractivity contribution in [3.05, 3.63) is 59.1 Å². The van der Waals surface area contributed by atoms with Crippen LogP contribution in [0.1, 0.15) is 26.3 Å². The van der Waals surface area contributed by atoms with Crippen molar-refractivity contribution < 1.29 is 9.53 Å². The van der Waals surface area contributed by atoms with Gasteiger partial charge in [0.25, 0.3) is 5.91 Å². The molecule has 2 N–H and O–H groups in total. The van der Waals surface area contributed by atoms with Gasteiger partial charge in [-0.3, -0.25) is 10.1 Å². The summed E-state index contributed by atoms with van der Waals surface area (Å²) in [6, 6.07) is 14.8. The maximum atomic E-state index is 11.9. The van der Waals surface area contributed by atoms with E-state index in [2.05, 4.69) is 31.4 Å². The summed E-state index contributed by atoms with van der Waals surface area (Å²) in [4.78, 5) is 11.9. The summed E-state index contributed by atoms with van der Waals surface area (Å²) in [5, 5.41) is 6.13. The van der Waals surface area contributed by atoms with Crippen molar-refractivity contribution in [1.29, 1.82) is 0 Å². The molecule has 2 aromatic rings. The second kappa shape index (κ2) is 8.32. The monoisotopic (exact) mass is 376 g/mol. The summed E-state index contributed by atoms with van der Waals surface area (Å²) >= 11 is 11.1. The second-order valence-electron chi connectivity index (χ2n) is 6.55. The quantitative estimate of drug-likeness (QED) is 0.770. The molecule has 0 aromatic heterocycles. The average Bonchev–Trinajstić information content (AvgIpc) is 2.54. The van der Waals surface area contributed by atoms with Gasteiger partial charge in [-0.25, -0.2) is 0 Å². The number of thiocarbonyl (C=S) groups is 1. The fraction of sp³-hybridized carbons (Fsp3) is 0.263. The Hall–Kier alpha value is -2.11. The zero-order valence-electron chi connectivity index (χ0n) is 14.4. The molecule has 2 rings (SSSR count). The molecule has 0 aliphatic heterocycles. The second-order valence-corrected chi connectivity index (χ2v) is 7.36. The molecule has 0 unspecified atom stereocenters. The maximum absolute atomic E-state index is 11.9. The third-order valence-electron chi connectivity index (χ3n) is 3.47. The Balaban J connectivity index is 1.82. The third kappa shape index (κ3) is 6.03. The Morgan fingerprint density at radius 2 is 1.76 bits per heavy atom. The fourth-order valence-electron chi connectivity index (χ4n) is 2.08. The first-order valence-electron chi connectivity index (χ1n) is 7.84. The Morgan fingerprint density at radius 1 is 1.12 bits per heavy atom. The van der Waals surface area contributed by atoms with Crippen LogP contribution in [0.2, 0.25) is 5.02 Å². The van der Waals surface area contributed by atoms with E-state index in [1.54, 1.807) is 12.1 Å². The minimum Gasteiger partial charge on any atom is -0.484 e. The molecule has 0 atom stereocenters. The van der Waals surface area contributed by atoms with E-state index in [9.17, 15) is 4.79 Å². The van der Waals surface area contributed by atoms with Crippen LogP contribution in [-0.2, 0) is 10.2 Å². The van der Waals surface area contributed by atoms with Crippen LogP contribution < -0.4 is 15.4 Å². The van der Waals surface area contributed by atoms with Gasteiger partial charge in [0.15, 0.2) is 11.7 Å². The summed E-state index contributed by atoms with van der Waals surface area (Å²) in [6.07, 6.45) is 0. The SMILES string of the molecule is CC(C)(C)c1ccc(OCC(=O)NC(=S)Nc2ccccc2Cl)cc1. The molecule has 4 nitrogen and oxygen atoms in total. The predicted octanol–water partition coefficient (Wildman–Crippen LogP) is 4.53. The highest BCUT2D eigenvalue weighted by molar-refractivity contribution is 7.80. The molecule has 0 spiro atoms. The zero-order valence-corrected chi connectivity index (χ0v) is 16.0. The van der Waals surface area contributed by atoms with Gasteiger partial charge in [-0.05, 0) is 47.5 Å². The van der Waals surface area contributed by atoms with Gasteiger partial charge in [0.1, 0.15) is 5.75 Å². The number of carbonyl (C=O) groups is 1. The van der Waals surface area contributed by atoms with Gasteiger partial charge >= 0.3 is 0 Å². The highest BCUT2D eigenvalue weighted by Gasteiger charge is 2.13. The molecule has 2 aromatic carbocycles. The van der Waals surface area contributed by atoms with Gasteiger partial charge in [0.05, 0.1) is 10.7 Å². The van der Waals surface area contributed by atoms with Crippen LogP contribution in [0.25, 0.3) is 0 Å². The third-order valence-corrected chi connectivity index (χ3v) is 4.00. The van der Waals surface area contributed by atoms with Gasteiger partial charge in [0.2, 0.25) is 0 Å². The van der Waals surface area contributed by atoms with Crippen molar-refractivity contribution in [2.24, 2.45) is 0 Å². The highest BCUT2D eigenvalue weighted by Crippen LogP contribution is 2.24. The van der Waals surface area contributed by atoms with Gasteiger partial charge in [-0.1, -0.05) is 56.6 Å². The number of carbonyl (C=O) groups excluding carboxylic acids is 1. The molecule has 1 amide bonds. The molecule has 0 bridgehead atoms. The van der Waals surface area contributed by atoms with Crippen LogP contribution in [0, 0.1) is 0 Å². The molecule has 0 saturated heterocycles. The predicted molar refractivity (Wildman–Crippen MR) is 106 cm³/mol. The first kappa shape index (κ1) is 19.2. The Morgan fingerprint density at radius 3 is 2.36 bits per heavy atom. The molecule has 0 aliphatic carbocycles. The molecular formula is C19H21ClN2O2S. The summed E-state index contributed by atoms with van der Waals surface area (Å²) in [7, 11) is 0. The number of rotatable bonds is 4. The van der Waals surface area contributed by atoms with Crippen molar-refractivity contribution in [3.63, 3.8) is 0 Å². The summed E-state index contributed by atoms with van der Waals surface area (Å²) in [5.74, 6) is 0.289. The minimum absolute atomic E-state index is 0.0759. The molecule has 25 heavy (non-hydrogen) atoms. The number of anilines is 1. The summed E-state index contributed by atoms with van der Waals surface area (Å²) in [5.41, 5.74) is 1.91. The van der Waals surface area contributed by atoms with E-state index >= 15 is 0 Å². The molecule has 0 heterocycles. The van der Waals surface area contributed by atoms with Crippen molar-refractivity contribution in [2.45, 2.75) is 26.2 Å². The van der Waals surface area contributed by atoms with E-state index in [1.165, 1.54) is 5.56 Å². The fourth-order valence-corrected chi connectivity index (χ4v) is 2.49. The van der Waals surface area contributed by atoms with Crippen LogP contribution in [0.3, 0.4) is 0 Å². The minimum atomic E-state index is -0.343. The average molecular weight is 377 g/mol. The molecular weight excluding hydrogens is 356 g/mol. The Kier molecular flexibility index (Phi) is 6.39. The van der Waals surface area contributed by atoms with E-state index in [-0.39, 0.29) is 23.0 Å². The zero-order chi connectivity index (χ0) is 18.4. The van der Waals surface area contributed by atoms with Gasteiger partial charge < -0.3 is 10.1 Å². The first-order valence-corrected chi connectivity index (χ1v) is 8.63. The first-order chi connectivity index (χ1) is 11.8. The number of hydrogen-bond donors (Lipinski definition) is 2. The molecule has 0 fully saturated rings. The molecule has 132 valence electrons. The lowest BCUT2D eigenvalue weighted by atomic mass is 9.87. The molecule has 0 saturated carbocycles. The molecule has 6 heteroatoms. The highest BCUT2D eigenvalue weighted by atomic mass is 35.5. The maximum Gasteiger partial charge on any atom is 0.264 e. The van der Waals surface area contributed by atoms with Crippen molar-refractivity contribution >= 4 is 40.5 Å². The van der Waals surface area contributed by atoms with Crippen molar-refractivity contribution in [3.8, 4) is 5.75 Å². The van der Waals surface area contributed by atoms with E-state index < -0.39 is 0 Å². The number of para-hydroxylation sites is 1. The van der Waals surface area contributed by atoms with Crippen LogP contribution in [0.15, 0.2) is 48.5 Å². The van der Waals surface area contributed by atoms with Crippen LogP contribution in [0.4, 0.5) is 5.69 Å². The van der Waals surface area contributed by atoms with E-state index in [1.807, 2.05) is 36.4 Å². The number of nitrogens with one attached hydrogen (secondary N) is 2. The summed E-state index contributed by atoms with van der Waals surface area (Å²) < 4.78 is 5.48. The standard InChI is InChI=1S/C19H21ClN2O2S/c1-19(2,3)13-8-10-14(11-9-13)24-12-17(23)22-18(25)21-16-7-5-4-6-15(16)20/h4-11H,12H2,1-3H3,(H2,21,22,23,25). The number of hydrogen-bond acceptors (Lipinski definition) is 3. The van der Waals surface area contributed by atoms with Crippen molar-refractivity contribution in [1.82, 2.24) is 5.32 Å². The van der Waals surface area contributed by atoms with Crippen LogP contribution >= 0.6 is 23.8 Å². The lowest BCUT2D eigenvalue weighted by Gasteiger charge is -2.19. The lowest BCUT2D eigenvalue weighted by Crippen LogP contribution is -2.37. The normalized spacial score (nSPS) is 10.9.